The lowest BCUT2D eigenvalue weighted by Crippen LogP contribution is -2.47. The standard InChI is InChI=1S/C20H26Cl2N6O/c1-3-23-20(26-12-16-10-17(21)19(22)27(16)2)25-11-14-4-6-15(7-5-14)28-9-8-24-18(29)13-28/h4-7,10H,3,8-9,11-13H2,1-2H3,(H,24,29)(H2,23,25,26). The van der Waals surface area contributed by atoms with Gasteiger partial charge < -0.3 is 25.4 Å². The summed E-state index contributed by atoms with van der Waals surface area (Å²) in [5.74, 6) is 0.782. The van der Waals surface area contributed by atoms with Gasteiger partial charge in [0.2, 0.25) is 5.91 Å². The Morgan fingerprint density at radius 1 is 1.24 bits per heavy atom. The molecule has 29 heavy (non-hydrogen) atoms. The van der Waals surface area contributed by atoms with Gasteiger partial charge in [-0.25, -0.2) is 4.99 Å². The third kappa shape index (κ3) is 5.58. The highest BCUT2D eigenvalue weighted by Crippen LogP contribution is 2.25. The summed E-state index contributed by atoms with van der Waals surface area (Å²) in [7, 11) is 1.88. The van der Waals surface area contributed by atoms with Gasteiger partial charge in [-0.1, -0.05) is 35.3 Å². The summed E-state index contributed by atoms with van der Waals surface area (Å²) in [5.41, 5.74) is 3.12. The molecule has 9 heteroatoms. The lowest BCUT2D eigenvalue weighted by molar-refractivity contribution is -0.120. The first-order chi connectivity index (χ1) is 14.0. The summed E-state index contributed by atoms with van der Waals surface area (Å²) in [4.78, 5) is 18.3. The molecule has 1 saturated heterocycles. The van der Waals surface area contributed by atoms with Crippen molar-refractivity contribution in [2.75, 3.05) is 31.1 Å². The summed E-state index contributed by atoms with van der Waals surface area (Å²) in [6, 6.07) is 10.0. The number of rotatable bonds is 6. The van der Waals surface area contributed by atoms with Crippen LogP contribution in [0.15, 0.2) is 35.3 Å². The molecular formula is C20H26Cl2N6O. The average molecular weight is 437 g/mol. The Hall–Kier alpha value is -2.38. The van der Waals surface area contributed by atoms with Crippen LogP contribution in [0.5, 0.6) is 0 Å². The number of nitrogens with zero attached hydrogens (tertiary/aromatic N) is 3. The third-order valence-corrected chi connectivity index (χ3v) is 5.60. The minimum absolute atomic E-state index is 0.0621. The molecular weight excluding hydrogens is 411 g/mol. The van der Waals surface area contributed by atoms with Crippen molar-refractivity contribution >= 4 is 40.8 Å². The molecule has 3 N–H and O–H groups in total. The zero-order valence-electron chi connectivity index (χ0n) is 16.6. The maximum atomic E-state index is 11.6. The first-order valence-corrected chi connectivity index (χ1v) is 10.4. The number of carbonyl (C=O) groups is 1. The summed E-state index contributed by atoms with van der Waals surface area (Å²) in [5, 5.41) is 10.5. The molecule has 1 amide bonds. The molecule has 1 fully saturated rings. The van der Waals surface area contributed by atoms with E-state index in [1.54, 1.807) is 0 Å². The smallest absolute Gasteiger partial charge is 0.239 e. The van der Waals surface area contributed by atoms with E-state index < -0.39 is 0 Å². The van der Waals surface area contributed by atoms with Crippen molar-refractivity contribution < 1.29 is 4.79 Å². The molecule has 1 aromatic carbocycles. The van der Waals surface area contributed by atoms with Crippen LogP contribution in [-0.4, -0.2) is 42.6 Å². The monoisotopic (exact) mass is 436 g/mol. The Balaban J connectivity index is 1.60. The van der Waals surface area contributed by atoms with Crippen LogP contribution in [0, 0.1) is 0 Å². The highest BCUT2D eigenvalue weighted by Gasteiger charge is 2.16. The van der Waals surface area contributed by atoms with E-state index in [4.69, 9.17) is 23.2 Å². The number of hydrogen-bond donors (Lipinski definition) is 3. The van der Waals surface area contributed by atoms with Crippen molar-refractivity contribution in [3.63, 3.8) is 0 Å². The Bertz CT molecular complexity index is 878. The van der Waals surface area contributed by atoms with Crippen LogP contribution in [0.2, 0.25) is 10.2 Å². The molecule has 7 nitrogen and oxygen atoms in total. The van der Waals surface area contributed by atoms with Crippen LogP contribution in [0.1, 0.15) is 18.2 Å². The van der Waals surface area contributed by atoms with Crippen LogP contribution in [-0.2, 0) is 24.9 Å². The van der Waals surface area contributed by atoms with E-state index >= 15 is 0 Å². The van der Waals surface area contributed by atoms with Crippen molar-refractivity contribution in [1.82, 2.24) is 20.5 Å². The normalized spacial score (nSPS) is 14.7. The second kappa shape index (κ2) is 9.89. The summed E-state index contributed by atoms with van der Waals surface area (Å²) < 4.78 is 1.85. The van der Waals surface area contributed by atoms with E-state index in [-0.39, 0.29) is 5.91 Å². The van der Waals surface area contributed by atoms with Gasteiger partial charge >= 0.3 is 0 Å². The maximum Gasteiger partial charge on any atom is 0.239 e. The molecule has 156 valence electrons. The Labute approximate surface area is 181 Å². The number of guanidine groups is 1. The number of benzene rings is 1. The van der Waals surface area contributed by atoms with Crippen LogP contribution in [0.25, 0.3) is 0 Å². The SMILES string of the molecule is CCNC(=NCc1ccc(N2CCNC(=O)C2)cc1)NCc1cc(Cl)c(Cl)n1C. The largest absolute Gasteiger partial charge is 0.360 e. The van der Waals surface area contributed by atoms with Crippen LogP contribution < -0.4 is 20.9 Å². The Morgan fingerprint density at radius 2 is 2.00 bits per heavy atom. The number of carbonyl (C=O) groups excluding carboxylic acids is 1. The van der Waals surface area contributed by atoms with Gasteiger partial charge in [-0.3, -0.25) is 4.79 Å². The van der Waals surface area contributed by atoms with Crippen molar-refractivity contribution in [3.05, 3.63) is 51.8 Å². The van der Waals surface area contributed by atoms with Gasteiger partial charge in [-0.05, 0) is 30.7 Å². The fraction of sp³-hybridized carbons (Fsp3) is 0.400. The van der Waals surface area contributed by atoms with Gasteiger partial charge in [0.05, 0.1) is 24.7 Å². The molecule has 0 atom stereocenters. The van der Waals surface area contributed by atoms with E-state index in [0.717, 1.165) is 36.0 Å². The number of aromatic nitrogens is 1. The maximum absolute atomic E-state index is 11.6. The first-order valence-electron chi connectivity index (χ1n) is 9.60. The van der Waals surface area contributed by atoms with Gasteiger partial charge in [-0.15, -0.1) is 0 Å². The molecule has 3 rings (SSSR count). The Kier molecular flexibility index (Phi) is 7.28. The quantitative estimate of drug-likeness (QED) is 0.480. The predicted octanol–water partition coefficient (Wildman–Crippen LogP) is 2.52. The number of nitrogens with one attached hydrogen (secondary N) is 3. The summed E-state index contributed by atoms with van der Waals surface area (Å²) in [6.45, 7) is 5.80. The summed E-state index contributed by atoms with van der Waals surface area (Å²) in [6.07, 6.45) is 0. The van der Waals surface area contributed by atoms with Crippen molar-refractivity contribution in [2.24, 2.45) is 12.0 Å². The highest BCUT2D eigenvalue weighted by atomic mass is 35.5. The van der Waals surface area contributed by atoms with Gasteiger partial charge in [0, 0.05) is 38.1 Å². The Morgan fingerprint density at radius 3 is 2.62 bits per heavy atom. The molecule has 0 unspecified atom stereocenters. The number of halogens is 2. The number of aliphatic imine (C=N–C) groups is 1. The molecule has 1 aliphatic heterocycles. The van der Waals surface area contributed by atoms with Crippen molar-refractivity contribution in [2.45, 2.75) is 20.0 Å². The van der Waals surface area contributed by atoms with E-state index in [9.17, 15) is 4.79 Å². The zero-order chi connectivity index (χ0) is 20.8. The molecule has 1 aliphatic rings. The molecule has 0 saturated carbocycles. The fourth-order valence-electron chi connectivity index (χ4n) is 3.12. The second-order valence-electron chi connectivity index (χ2n) is 6.82. The molecule has 0 bridgehead atoms. The predicted molar refractivity (Wildman–Crippen MR) is 119 cm³/mol. The van der Waals surface area contributed by atoms with Gasteiger partial charge in [0.15, 0.2) is 5.96 Å². The van der Waals surface area contributed by atoms with Crippen LogP contribution in [0.3, 0.4) is 0 Å². The molecule has 1 aromatic heterocycles. The minimum Gasteiger partial charge on any atom is -0.360 e. The van der Waals surface area contributed by atoms with Crippen molar-refractivity contribution in [1.29, 1.82) is 0 Å². The fourth-order valence-corrected chi connectivity index (χ4v) is 3.53. The van der Waals surface area contributed by atoms with E-state index in [1.165, 1.54) is 0 Å². The van der Waals surface area contributed by atoms with Crippen LogP contribution >= 0.6 is 23.2 Å². The van der Waals surface area contributed by atoms with E-state index in [0.29, 0.717) is 36.4 Å². The molecule has 0 radical (unpaired) electrons. The number of amides is 1. The summed E-state index contributed by atoms with van der Waals surface area (Å²) >= 11 is 12.2. The lowest BCUT2D eigenvalue weighted by atomic mass is 10.2. The molecule has 2 aromatic rings. The average Bonchev–Trinajstić information content (AvgIpc) is 2.97. The lowest BCUT2D eigenvalue weighted by Gasteiger charge is -2.28. The number of anilines is 1. The van der Waals surface area contributed by atoms with Gasteiger partial charge in [0.1, 0.15) is 5.15 Å². The second-order valence-corrected chi connectivity index (χ2v) is 7.59. The van der Waals surface area contributed by atoms with Crippen LogP contribution in [0.4, 0.5) is 5.69 Å². The molecule has 0 aliphatic carbocycles. The van der Waals surface area contributed by atoms with E-state index in [2.05, 4.69) is 25.8 Å². The van der Waals surface area contributed by atoms with Crippen molar-refractivity contribution in [3.8, 4) is 0 Å². The van der Waals surface area contributed by atoms with E-state index in [1.807, 2.05) is 48.9 Å². The zero-order valence-corrected chi connectivity index (χ0v) is 18.1. The van der Waals surface area contributed by atoms with Gasteiger partial charge in [-0.2, -0.15) is 0 Å². The first kappa shape index (κ1) is 21.3. The molecule has 0 spiro atoms. The topological polar surface area (TPSA) is 73.7 Å². The number of piperazine rings is 1. The third-order valence-electron chi connectivity index (χ3n) is 4.76. The number of hydrogen-bond acceptors (Lipinski definition) is 3. The minimum atomic E-state index is 0.0621. The van der Waals surface area contributed by atoms with Gasteiger partial charge in [0.25, 0.3) is 0 Å². The molecule has 2 heterocycles. The highest BCUT2D eigenvalue weighted by molar-refractivity contribution is 6.41.